The topological polar surface area (TPSA) is 43.6 Å². The zero-order valence-electron chi connectivity index (χ0n) is 29.8. The Labute approximate surface area is 317 Å². The van der Waals surface area contributed by atoms with Gasteiger partial charge in [-0.2, -0.15) is 0 Å². The summed E-state index contributed by atoms with van der Waals surface area (Å²) < 4.78 is 2.38. The van der Waals surface area contributed by atoms with E-state index in [0.717, 1.165) is 72.1 Å². The third kappa shape index (κ3) is 5.11. The summed E-state index contributed by atoms with van der Waals surface area (Å²) in [6, 6.07) is 68.4. The molecule has 0 bridgehead atoms. The van der Waals surface area contributed by atoms with Crippen LogP contribution in [0.25, 0.3) is 105 Å². The number of para-hydroxylation sites is 4. The zero-order chi connectivity index (χ0) is 36.3. The molecule has 0 aliphatic heterocycles. The van der Waals surface area contributed by atoms with E-state index < -0.39 is 0 Å². The molecule has 256 valence electrons. The Morgan fingerprint density at radius 2 is 0.873 bits per heavy atom. The van der Waals surface area contributed by atoms with Crippen molar-refractivity contribution in [2.75, 3.05) is 0 Å². The fourth-order valence-electron chi connectivity index (χ4n) is 8.28. The lowest BCUT2D eigenvalue weighted by Gasteiger charge is -2.14. The molecule has 11 rings (SSSR count). The summed E-state index contributed by atoms with van der Waals surface area (Å²) in [5.41, 5.74) is 12.5. The molecule has 0 atom stereocenters. The van der Waals surface area contributed by atoms with Crippen LogP contribution >= 0.6 is 0 Å². The van der Waals surface area contributed by atoms with Crippen molar-refractivity contribution in [1.29, 1.82) is 0 Å². The zero-order valence-corrected chi connectivity index (χ0v) is 29.8. The molecule has 8 aromatic carbocycles. The largest absolute Gasteiger partial charge is 0.309 e. The van der Waals surface area contributed by atoms with Crippen LogP contribution in [0.4, 0.5) is 0 Å². The number of hydrogen-bond donors (Lipinski definition) is 0. The SMILES string of the molecule is c1ccc(-c2cccc(-c3nc(-c4cccc(-c5nc6ccccc6c6c5ccc5c6c6ccccc6n5-c5ccccc5)c4)c4ccccc4n3)c2)cc1. The van der Waals surface area contributed by atoms with Crippen molar-refractivity contribution in [1.82, 2.24) is 19.5 Å². The molecule has 0 unspecified atom stereocenters. The van der Waals surface area contributed by atoms with E-state index in [-0.39, 0.29) is 0 Å². The van der Waals surface area contributed by atoms with Gasteiger partial charge in [-0.15, -0.1) is 0 Å². The van der Waals surface area contributed by atoms with Gasteiger partial charge >= 0.3 is 0 Å². The first-order chi connectivity index (χ1) is 27.3. The summed E-state index contributed by atoms with van der Waals surface area (Å²) in [6.45, 7) is 0. The predicted molar refractivity (Wildman–Crippen MR) is 228 cm³/mol. The lowest BCUT2D eigenvalue weighted by molar-refractivity contribution is 1.18. The van der Waals surface area contributed by atoms with Crippen LogP contribution in [-0.4, -0.2) is 19.5 Å². The monoisotopic (exact) mass is 700 g/mol. The minimum atomic E-state index is 0.698. The third-order valence-corrected chi connectivity index (χ3v) is 10.8. The van der Waals surface area contributed by atoms with Gasteiger partial charge in [0.25, 0.3) is 0 Å². The minimum absolute atomic E-state index is 0.698. The number of nitrogens with zero attached hydrogens (tertiary/aromatic N) is 4. The molecule has 11 aromatic rings. The van der Waals surface area contributed by atoms with Gasteiger partial charge in [0.1, 0.15) is 0 Å². The Hall–Kier alpha value is -7.43. The summed E-state index contributed by atoms with van der Waals surface area (Å²) >= 11 is 0. The molecule has 4 nitrogen and oxygen atoms in total. The molecule has 4 heteroatoms. The van der Waals surface area contributed by atoms with Crippen LogP contribution in [0.1, 0.15) is 0 Å². The van der Waals surface area contributed by atoms with Crippen LogP contribution in [0.5, 0.6) is 0 Å². The number of rotatable bonds is 5. The van der Waals surface area contributed by atoms with Gasteiger partial charge in [0.2, 0.25) is 0 Å². The second-order valence-corrected chi connectivity index (χ2v) is 14.0. The Bertz CT molecular complexity index is 3260. The highest BCUT2D eigenvalue weighted by molar-refractivity contribution is 6.29. The summed E-state index contributed by atoms with van der Waals surface area (Å²) in [5.74, 6) is 0.698. The summed E-state index contributed by atoms with van der Waals surface area (Å²) in [5, 5.41) is 6.93. The maximum absolute atomic E-state index is 5.39. The highest BCUT2D eigenvalue weighted by Gasteiger charge is 2.20. The van der Waals surface area contributed by atoms with E-state index in [1.807, 2.05) is 12.1 Å². The Kier molecular flexibility index (Phi) is 7.14. The maximum atomic E-state index is 5.39. The average molecular weight is 701 g/mol. The average Bonchev–Trinajstić information content (AvgIpc) is 3.61. The van der Waals surface area contributed by atoms with Crippen molar-refractivity contribution in [3.05, 3.63) is 194 Å². The van der Waals surface area contributed by atoms with Crippen LogP contribution in [0, 0.1) is 0 Å². The number of fused-ring (bicyclic) bond motifs is 8. The molecule has 3 heterocycles. The first-order valence-corrected chi connectivity index (χ1v) is 18.6. The van der Waals surface area contributed by atoms with Gasteiger partial charge < -0.3 is 4.57 Å². The van der Waals surface area contributed by atoms with Gasteiger partial charge in [0, 0.05) is 54.7 Å². The first-order valence-electron chi connectivity index (χ1n) is 18.6. The summed E-state index contributed by atoms with van der Waals surface area (Å²) in [6.07, 6.45) is 0. The molecular weight excluding hydrogens is 669 g/mol. The van der Waals surface area contributed by atoms with E-state index in [4.69, 9.17) is 15.0 Å². The number of benzene rings is 8. The van der Waals surface area contributed by atoms with E-state index in [2.05, 4.69) is 187 Å². The smallest absolute Gasteiger partial charge is 0.160 e. The molecule has 3 aromatic heterocycles. The minimum Gasteiger partial charge on any atom is -0.309 e. The van der Waals surface area contributed by atoms with Crippen LogP contribution in [0.2, 0.25) is 0 Å². The van der Waals surface area contributed by atoms with E-state index >= 15 is 0 Å². The van der Waals surface area contributed by atoms with Gasteiger partial charge in [-0.25, -0.2) is 15.0 Å². The van der Waals surface area contributed by atoms with Crippen molar-refractivity contribution in [2.45, 2.75) is 0 Å². The molecule has 0 fully saturated rings. The first kappa shape index (κ1) is 31.1. The van der Waals surface area contributed by atoms with E-state index in [0.29, 0.717) is 5.82 Å². The quantitative estimate of drug-likeness (QED) is 0.168. The number of pyridine rings is 1. The van der Waals surface area contributed by atoms with Crippen LogP contribution in [0.3, 0.4) is 0 Å². The lowest BCUT2D eigenvalue weighted by Crippen LogP contribution is -1.96. The van der Waals surface area contributed by atoms with Crippen LogP contribution in [0.15, 0.2) is 194 Å². The molecule has 0 aliphatic carbocycles. The Balaban J connectivity index is 1.14. The number of hydrogen-bond acceptors (Lipinski definition) is 3. The normalized spacial score (nSPS) is 11.6. The van der Waals surface area contributed by atoms with Gasteiger partial charge in [0.15, 0.2) is 5.82 Å². The molecule has 0 spiro atoms. The molecule has 0 saturated heterocycles. The highest BCUT2D eigenvalue weighted by Crippen LogP contribution is 2.43. The van der Waals surface area contributed by atoms with Gasteiger partial charge in [0.05, 0.1) is 33.5 Å². The van der Waals surface area contributed by atoms with Gasteiger partial charge in [-0.1, -0.05) is 146 Å². The molecule has 55 heavy (non-hydrogen) atoms. The van der Waals surface area contributed by atoms with E-state index in [1.165, 1.54) is 27.2 Å². The maximum Gasteiger partial charge on any atom is 0.160 e. The molecule has 0 radical (unpaired) electrons. The molecule has 0 N–H and O–H groups in total. The highest BCUT2D eigenvalue weighted by atomic mass is 15.0. The molecular formula is C51H32N4. The Morgan fingerprint density at radius 1 is 0.309 bits per heavy atom. The summed E-state index contributed by atoms with van der Waals surface area (Å²) in [4.78, 5) is 15.8. The second kappa shape index (κ2) is 12.6. The van der Waals surface area contributed by atoms with Crippen LogP contribution < -0.4 is 0 Å². The predicted octanol–water partition coefficient (Wildman–Crippen LogP) is 13.1. The molecule has 0 aliphatic rings. The molecule has 0 amide bonds. The second-order valence-electron chi connectivity index (χ2n) is 14.0. The number of aromatic nitrogens is 4. The third-order valence-electron chi connectivity index (χ3n) is 10.8. The fourth-order valence-corrected chi connectivity index (χ4v) is 8.28. The van der Waals surface area contributed by atoms with Crippen LogP contribution in [-0.2, 0) is 0 Å². The van der Waals surface area contributed by atoms with Crippen molar-refractivity contribution in [3.8, 4) is 50.7 Å². The molecule has 0 saturated carbocycles. The van der Waals surface area contributed by atoms with E-state index in [9.17, 15) is 0 Å². The lowest BCUT2D eigenvalue weighted by atomic mass is 9.95. The van der Waals surface area contributed by atoms with Crippen molar-refractivity contribution < 1.29 is 0 Å². The van der Waals surface area contributed by atoms with E-state index in [1.54, 1.807) is 0 Å². The van der Waals surface area contributed by atoms with Gasteiger partial charge in [-0.3, -0.25) is 0 Å². The Morgan fingerprint density at radius 3 is 1.65 bits per heavy atom. The van der Waals surface area contributed by atoms with Crippen molar-refractivity contribution in [3.63, 3.8) is 0 Å². The summed E-state index contributed by atoms with van der Waals surface area (Å²) in [7, 11) is 0. The fraction of sp³-hybridized carbons (Fsp3) is 0. The van der Waals surface area contributed by atoms with Gasteiger partial charge in [-0.05, 0) is 59.7 Å². The van der Waals surface area contributed by atoms with Crippen molar-refractivity contribution >= 4 is 54.4 Å². The standard InChI is InChI=1S/C51H32N4/c1-3-15-33(16-4-1)34-17-13-20-37(31-34)51-53-44-27-11-8-24-40(44)49(54-51)35-18-14-19-36(32-35)50-42-29-30-46-48(47(42)39-23-7-10-26-43(39)52-50)41-25-9-12-28-45(41)55(46)38-21-5-2-6-22-38/h1-32H. The van der Waals surface area contributed by atoms with Crippen molar-refractivity contribution in [2.24, 2.45) is 0 Å².